The zero-order valence-electron chi connectivity index (χ0n) is 28.5. The lowest BCUT2D eigenvalue weighted by Gasteiger charge is -2.26. The van der Waals surface area contributed by atoms with Gasteiger partial charge in [0.1, 0.15) is 6.54 Å². The average molecular weight is 744 g/mol. The maximum atomic E-state index is 14.8. The summed E-state index contributed by atoms with van der Waals surface area (Å²) in [6.07, 6.45) is 1.09. The molecule has 2 aliphatic heterocycles. The van der Waals surface area contributed by atoms with E-state index in [1.165, 1.54) is 23.5 Å². The summed E-state index contributed by atoms with van der Waals surface area (Å²) in [4.78, 5) is 69.2. The fourth-order valence-electron chi connectivity index (χ4n) is 5.48. The van der Waals surface area contributed by atoms with Gasteiger partial charge in [-0.3, -0.25) is 34.2 Å². The predicted molar refractivity (Wildman–Crippen MR) is 184 cm³/mol. The topological polar surface area (TPSA) is 166 Å². The Balaban J connectivity index is 0.971. The van der Waals surface area contributed by atoms with Crippen LogP contribution in [0.5, 0.6) is 5.75 Å². The SMILES string of the molecule is CCC(=O)NC(=O)CN1C(=O)c2cccc(CCCOCCOCCNC(=O)COc3c(-c4csc(N5CCOCC5)n4)ccc(F)c3F)c2C1=O. The lowest BCUT2D eigenvalue weighted by atomic mass is 9.99. The molecule has 0 atom stereocenters. The average Bonchev–Trinajstić information content (AvgIpc) is 3.73. The van der Waals surface area contributed by atoms with Gasteiger partial charge in [-0.15, -0.1) is 11.3 Å². The number of carbonyl (C=O) groups excluding carboxylic acids is 5. The van der Waals surface area contributed by atoms with Crippen molar-refractivity contribution < 1.29 is 51.7 Å². The molecule has 0 radical (unpaired) electrons. The molecule has 3 aromatic rings. The van der Waals surface area contributed by atoms with E-state index >= 15 is 0 Å². The van der Waals surface area contributed by atoms with Gasteiger partial charge in [0.05, 0.1) is 49.9 Å². The van der Waals surface area contributed by atoms with Crippen molar-refractivity contribution >= 4 is 46.0 Å². The van der Waals surface area contributed by atoms with E-state index in [2.05, 4.69) is 15.6 Å². The molecule has 1 aromatic heterocycles. The van der Waals surface area contributed by atoms with Crippen molar-refractivity contribution in [2.24, 2.45) is 0 Å². The van der Waals surface area contributed by atoms with Gasteiger partial charge >= 0.3 is 0 Å². The number of hydrogen-bond donors (Lipinski definition) is 2. The Kier molecular flexibility index (Phi) is 13.7. The predicted octanol–water partition coefficient (Wildman–Crippen LogP) is 2.73. The zero-order valence-corrected chi connectivity index (χ0v) is 29.4. The van der Waals surface area contributed by atoms with Crippen LogP contribution in [0.15, 0.2) is 35.7 Å². The summed E-state index contributed by atoms with van der Waals surface area (Å²) in [7, 11) is 0. The summed E-state index contributed by atoms with van der Waals surface area (Å²) in [6.45, 7) is 4.18. The van der Waals surface area contributed by atoms with Crippen molar-refractivity contribution in [3.8, 4) is 17.0 Å². The number of amides is 5. The van der Waals surface area contributed by atoms with E-state index in [4.69, 9.17) is 18.9 Å². The van der Waals surface area contributed by atoms with Crippen LogP contribution >= 0.6 is 11.3 Å². The number of imide groups is 2. The number of aryl methyl sites for hydroxylation is 1. The minimum absolute atomic E-state index is 0.0959. The van der Waals surface area contributed by atoms with Gasteiger partial charge in [0.25, 0.3) is 17.7 Å². The molecule has 5 amide bonds. The van der Waals surface area contributed by atoms with Gasteiger partial charge in [-0.25, -0.2) is 9.37 Å². The number of halogens is 2. The van der Waals surface area contributed by atoms with Gasteiger partial charge in [0.2, 0.25) is 17.6 Å². The summed E-state index contributed by atoms with van der Waals surface area (Å²) in [5, 5.41) is 7.20. The molecule has 2 aromatic carbocycles. The first-order chi connectivity index (χ1) is 25.2. The second-order valence-corrected chi connectivity index (χ2v) is 12.5. The third-order valence-electron chi connectivity index (χ3n) is 8.11. The number of ether oxygens (including phenoxy) is 4. The number of carbonyl (C=O) groups is 5. The van der Waals surface area contributed by atoms with Crippen LogP contribution in [-0.2, 0) is 35.0 Å². The molecule has 5 rings (SSSR count). The highest BCUT2D eigenvalue weighted by atomic mass is 32.1. The normalized spacial score (nSPS) is 14.1. The van der Waals surface area contributed by atoms with E-state index in [9.17, 15) is 32.8 Å². The van der Waals surface area contributed by atoms with Crippen LogP contribution in [-0.4, -0.2) is 112 Å². The smallest absolute Gasteiger partial charge is 0.262 e. The molecule has 0 unspecified atom stereocenters. The number of aromatic nitrogens is 1. The third-order valence-corrected chi connectivity index (χ3v) is 9.01. The van der Waals surface area contributed by atoms with E-state index in [0.717, 1.165) is 16.1 Å². The van der Waals surface area contributed by atoms with Crippen molar-refractivity contribution in [2.45, 2.75) is 26.2 Å². The van der Waals surface area contributed by atoms with E-state index in [0.29, 0.717) is 57.0 Å². The number of nitrogens with one attached hydrogen (secondary N) is 2. The lowest BCUT2D eigenvalue weighted by molar-refractivity contribution is -0.130. The maximum Gasteiger partial charge on any atom is 0.262 e. The highest BCUT2D eigenvalue weighted by molar-refractivity contribution is 7.14. The van der Waals surface area contributed by atoms with Crippen molar-refractivity contribution in [1.82, 2.24) is 20.5 Å². The molecular formula is C35H39F2N5O9S. The Morgan fingerprint density at radius 1 is 0.942 bits per heavy atom. The molecule has 14 nitrogen and oxygen atoms in total. The number of fused-ring (bicyclic) bond motifs is 1. The van der Waals surface area contributed by atoms with Gasteiger partial charge in [-0.05, 0) is 36.6 Å². The second kappa shape index (κ2) is 18.6. The summed E-state index contributed by atoms with van der Waals surface area (Å²) in [5.74, 6) is -5.65. The quantitative estimate of drug-likeness (QED) is 0.145. The van der Waals surface area contributed by atoms with Gasteiger partial charge in [-0.2, -0.15) is 4.39 Å². The monoisotopic (exact) mass is 743 g/mol. The lowest BCUT2D eigenvalue weighted by Crippen LogP contribution is -2.42. The van der Waals surface area contributed by atoms with Crippen LogP contribution in [0, 0.1) is 11.6 Å². The maximum absolute atomic E-state index is 14.8. The molecule has 2 N–H and O–H groups in total. The number of rotatable bonds is 18. The molecule has 17 heteroatoms. The van der Waals surface area contributed by atoms with E-state index in [-0.39, 0.29) is 49.5 Å². The van der Waals surface area contributed by atoms with Crippen LogP contribution in [0.1, 0.15) is 46.0 Å². The van der Waals surface area contributed by atoms with Gasteiger partial charge < -0.3 is 29.2 Å². The molecule has 2 aliphatic rings. The molecule has 278 valence electrons. The molecular weight excluding hydrogens is 704 g/mol. The van der Waals surface area contributed by atoms with Crippen LogP contribution in [0.25, 0.3) is 11.3 Å². The number of anilines is 1. The van der Waals surface area contributed by atoms with Crippen molar-refractivity contribution in [3.05, 3.63) is 64.0 Å². The first-order valence-electron chi connectivity index (χ1n) is 16.8. The van der Waals surface area contributed by atoms with Crippen molar-refractivity contribution in [1.29, 1.82) is 0 Å². The fraction of sp³-hybridized carbons (Fsp3) is 0.429. The Morgan fingerprint density at radius 2 is 1.71 bits per heavy atom. The fourth-order valence-corrected chi connectivity index (χ4v) is 6.36. The van der Waals surface area contributed by atoms with E-state index in [1.807, 2.05) is 4.90 Å². The van der Waals surface area contributed by atoms with Crippen molar-refractivity contribution in [3.63, 3.8) is 0 Å². The zero-order chi connectivity index (χ0) is 37.0. The Hall–Kier alpha value is -4.84. The largest absolute Gasteiger partial charge is 0.480 e. The first-order valence-corrected chi connectivity index (χ1v) is 17.7. The van der Waals surface area contributed by atoms with Crippen LogP contribution in [0.4, 0.5) is 13.9 Å². The second-order valence-electron chi connectivity index (χ2n) is 11.7. The number of hydrogen-bond acceptors (Lipinski definition) is 12. The third kappa shape index (κ3) is 9.73. The number of morpholine rings is 1. The summed E-state index contributed by atoms with van der Waals surface area (Å²) in [5.41, 5.74) is 1.75. The highest BCUT2D eigenvalue weighted by Crippen LogP contribution is 2.36. The van der Waals surface area contributed by atoms with Crippen LogP contribution < -0.4 is 20.3 Å². The molecule has 1 fully saturated rings. The molecule has 0 saturated carbocycles. The van der Waals surface area contributed by atoms with Crippen LogP contribution in [0.2, 0.25) is 0 Å². The Labute approximate surface area is 302 Å². The number of nitrogens with zero attached hydrogens (tertiary/aromatic N) is 3. The highest BCUT2D eigenvalue weighted by Gasteiger charge is 2.38. The minimum Gasteiger partial charge on any atom is -0.480 e. The van der Waals surface area contributed by atoms with E-state index < -0.39 is 60.1 Å². The van der Waals surface area contributed by atoms with Crippen LogP contribution in [0.3, 0.4) is 0 Å². The van der Waals surface area contributed by atoms with E-state index in [1.54, 1.807) is 24.4 Å². The summed E-state index contributed by atoms with van der Waals surface area (Å²) in [6, 6.07) is 7.31. The molecule has 0 bridgehead atoms. The molecule has 1 saturated heterocycles. The van der Waals surface area contributed by atoms with Gasteiger partial charge in [0, 0.05) is 43.6 Å². The summed E-state index contributed by atoms with van der Waals surface area (Å²) < 4.78 is 50.7. The number of benzene rings is 2. The number of thiazole rings is 1. The molecule has 0 spiro atoms. The Morgan fingerprint density at radius 3 is 2.48 bits per heavy atom. The van der Waals surface area contributed by atoms with Gasteiger partial charge in [0.15, 0.2) is 23.3 Å². The van der Waals surface area contributed by atoms with Crippen molar-refractivity contribution in [2.75, 3.05) is 77.3 Å². The summed E-state index contributed by atoms with van der Waals surface area (Å²) >= 11 is 1.37. The molecule has 3 heterocycles. The molecule has 0 aliphatic carbocycles. The molecule has 52 heavy (non-hydrogen) atoms. The first kappa shape index (κ1) is 38.4. The minimum atomic E-state index is -1.21. The standard InChI is InChI=1S/C35H39F2N5O9S/c1-2-27(43)40-28(44)19-42-33(46)24-7-3-5-22(30(24)34(42)47)6-4-13-48-17-18-49-14-10-38-29(45)20-51-32-23(8-9-25(36)31(32)37)26-21-52-35(39-26)41-11-15-50-16-12-41/h3,5,7-9,21H,2,4,6,10-20H2,1H3,(H,38,45)(H,40,43,44). The van der Waals surface area contributed by atoms with Gasteiger partial charge in [-0.1, -0.05) is 19.1 Å². The Bertz CT molecular complexity index is 1780.